The lowest BCUT2D eigenvalue weighted by Crippen LogP contribution is -2.20. The van der Waals surface area contributed by atoms with Crippen molar-refractivity contribution in [1.29, 1.82) is 0 Å². The lowest BCUT2D eigenvalue weighted by molar-refractivity contribution is -0.144. The summed E-state index contributed by atoms with van der Waals surface area (Å²) in [6.07, 6.45) is 0.525. The van der Waals surface area contributed by atoms with Crippen molar-refractivity contribution in [1.82, 2.24) is 0 Å². The zero-order chi connectivity index (χ0) is 19.1. The summed E-state index contributed by atoms with van der Waals surface area (Å²) in [5.41, 5.74) is 0.858. The average molecular weight is 357 g/mol. The molecule has 0 saturated carbocycles. The molecule has 2 aromatic rings. The molecule has 0 spiro atoms. The zero-order valence-electron chi connectivity index (χ0n) is 14.6. The Morgan fingerprint density at radius 2 is 1.81 bits per heavy atom. The van der Waals surface area contributed by atoms with E-state index in [0.717, 1.165) is 11.6 Å². The van der Waals surface area contributed by atoms with Crippen LogP contribution in [0.2, 0.25) is 0 Å². The molecule has 2 aromatic carbocycles. The zero-order valence-corrected chi connectivity index (χ0v) is 14.6. The largest absolute Gasteiger partial charge is 0.457 e. The first kappa shape index (κ1) is 19.3. The highest BCUT2D eigenvalue weighted by atomic mass is 19.1. The Morgan fingerprint density at radius 1 is 1.12 bits per heavy atom. The highest BCUT2D eigenvalue weighted by Gasteiger charge is 2.22. The van der Waals surface area contributed by atoms with Gasteiger partial charge in [-0.1, -0.05) is 37.3 Å². The number of ketones is 1. The number of benzene rings is 2. The normalized spacial score (nSPS) is 11.5. The third-order valence-corrected chi connectivity index (χ3v) is 3.83. The molecule has 0 aliphatic rings. The first-order valence-electron chi connectivity index (χ1n) is 8.24. The number of anilines is 1. The van der Waals surface area contributed by atoms with Crippen LogP contribution in [0.4, 0.5) is 10.1 Å². The number of rotatable bonds is 7. The molecule has 26 heavy (non-hydrogen) atoms. The summed E-state index contributed by atoms with van der Waals surface area (Å²) >= 11 is 0. The van der Waals surface area contributed by atoms with Gasteiger partial charge in [0.2, 0.25) is 11.7 Å². The molecular formula is C20H20FNO4. The maximum absolute atomic E-state index is 14.1. The molecule has 0 aliphatic carbocycles. The second kappa shape index (κ2) is 8.89. The fourth-order valence-electron chi connectivity index (χ4n) is 2.56. The van der Waals surface area contributed by atoms with E-state index in [-0.39, 0.29) is 17.2 Å². The molecule has 5 nitrogen and oxygen atoms in total. The Morgan fingerprint density at radius 3 is 2.38 bits per heavy atom. The second-order valence-electron chi connectivity index (χ2n) is 5.78. The summed E-state index contributed by atoms with van der Waals surface area (Å²) in [4.78, 5) is 35.4. The van der Waals surface area contributed by atoms with Crippen molar-refractivity contribution in [2.45, 2.75) is 26.2 Å². The van der Waals surface area contributed by atoms with Crippen LogP contribution in [0.5, 0.6) is 0 Å². The van der Waals surface area contributed by atoms with Crippen LogP contribution in [0.15, 0.2) is 48.5 Å². The summed E-state index contributed by atoms with van der Waals surface area (Å²) in [5, 5.41) is 2.43. The number of Topliss-reactive ketones (excluding diaryl/α,β-unsaturated/α-hetero) is 1. The van der Waals surface area contributed by atoms with Crippen LogP contribution in [-0.2, 0) is 14.3 Å². The van der Waals surface area contributed by atoms with Crippen LogP contribution in [0.25, 0.3) is 0 Å². The van der Waals surface area contributed by atoms with Gasteiger partial charge in [-0.15, -0.1) is 0 Å². The van der Waals surface area contributed by atoms with Gasteiger partial charge in [0.25, 0.3) is 0 Å². The van der Waals surface area contributed by atoms with Crippen LogP contribution in [0, 0.1) is 5.82 Å². The van der Waals surface area contributed by atoms with Gasteiger partial charge in [-0.05, 0) is 30.2 Å². The van der Waals surface area contributed by atoms with Gasteiger partial charge in [0.05, 0.1) is 11.5 Å². The first-order valence-corrected chi connectivity index (χ1v) is 8.24. The SMILES string of the molecule is CC[C@H](C(=O)OCC(=O)c1ccc(NC(C)=O)cc1F)c1ccccc1. The van der Waals surface area contributed by atoms with Crippen molar-refractivity contribution < 1.29 is 23.5 Å². The number of amides is 1. The lowest BCUT2D eigenvalue weighted by Gasteiger charge is -2.14. The molecular weight excluding hydrogens is 337 g/mol. The van der Waals surface area contributed by atoms with E-state index in [9.17, 15) is 18.8 Å². The molecule has 0 aromatic heterocycles. The minimum absolute atomic E-state index is 0.195. The molecule has 0 radical (unpaired) electrons. The van der Waals surface area contributed by atoms with Crippen molar-refractivity contribution in [3.05, 3.63) is 65.5 Å². The minimum atomic E-state index is -0.785. The van der Waals surface area contributed by atoms with Gasteiger partial charge in [0.15, 0.2) is 6.61 Å². The van der Waals surface area contributed by atoms with Crippen LogP contribution in [0.1, 0.15) is 42.1 Å². The number of hydrogen-bond acceptors (Lipinski definition) is 4. The van der Waals surface area contributed by atoms with E-state index in [0.29, 0.717) is 6.42 Å². The summed E-state index contributed by atoms with van der Waals surface area (Å²) < 4.78 is 19.1. The van der Waals surface area contributed by atoms with E-state index >= 15 is 0 Å². The molecule has 2 rings (SSSR count). The van der Waals surface area contributed by atoms with Gasteiger partial charge in [0, 0.05) is 12.6 Å². The Kier molecular flexibility index (Phi) is 6.60. The van der Waals surface area contributed by atoms with Crippen molar-refractivity contribution in [2.75, 3.05) is 11.9 Å². The van der Waals surface area contributed by atoms with Crippen LogP contribution < -0.4 is 5.32 Å². The lowest BCUT2D eigenvalue weighted by atomic mass is 9.97. The summed E-state index contributed by atoms with van der Waals surface area (Å²) in [7, 11) is 0. The van der Waals surface area contributed by atoms with Crippen LogP contribution >= 0.6 is 0 Å². The van der Waals surface area contributed by atoms with Crippen molar-refractivity contribution >= 4 is 23.3 Å². The highest BCUT2D eigenvalue weighted by molar-refractivity contribution is 5.99. The van der Waals surface area contributed by atoms with Crippen LogP contribution in [0.3, 0.4) is 0 Å². The molecule has 0 unspecified atom stereocenters. The molecule has 136 valence electrons. The standard InChI is InChI=1S/C20H20FNO4/c1-3-16(14-7-5-4-6-8-14)20(25)26-12-19(24)17-10-9-15(11-18(17)21)22-13(2)23/h4-11,16H,3,12H2,1-2H3,(H,22,23)/t16-/m0/s1. The maximum atomic E-state index is 14.1. The van der Waals surface area contributed by atoms with E-state index in [2.05, 4.69) is 5.32 Å². The molecule has 0 bridgehead atoms. The Labute approximate surface area is 151 Å². The molecule has 1 atom stereocenters. The number of nitrogens with one attached hydrogen (secondary N) is 1. The molecule has 0 heterocycles. The third kappa shape index (κ3) is 4.99. The Hall–Kier alpha value is -3.02. The van der Waals surface area contributed by atoms with E-state index in [1.54, 1.807) is 0 Å². The van der Waals surface area contributed by atoms with Gasteiger partial charge in [-0.25, -0.2) is 4.39 Å². The predicted octanol–water partition coefficient (Wildman–Crippen LogP) is 3.70. The number of halogens is 1. The summed E-state index contributed by atoms with van der Waals surface area (Å²) in [6.45, 7) is 2.60. The second-order valence-corrected chi connectivity index (χ2v) is 5.78. The van der Waals surface area contributed by atoms with E-state index in [4.69, 9.17) is 4.74 Å². The molecule has 0 aliphatic heterocycles. The summed E-state index contributed by atoms with van der Waals surface area (Å²) in [5.74, 6) is -2.78. The Bertz CT molecular complexity index is 805. The van der Waals surface area contributed by atoms with Crippen molar-refractivity contribution in [2.24, 2.45) is 0 Å². The average Bonchev–Trinajstić information content (AvgIpc) is 2.61. The highest BCUT2D eigenvalue weighted by Crippen LogP contribution is 2.21. The van der Waals surface area contributed by atoms with E-state index in [1.165, 1.54) is 19.1 Å². The predicted molar refractivity (Wildman–Crippen MR) is 95.5 cm³/mol. The minimum Gasteiger partial charge on any atom is -0.457 e. The number of carbonyl (C=O) groups is 3. The van der Waals surface area contributed by atoms with Gasteiger partial charge in [0.1, 0.15) is 5.82 Å². The summed E-state index contributed by atoms with van der Waals surface area (Å²) in [6, 6.07) is 12.8. The fourth-order valence-corrected chi connectivity index (χ4v) is 2.56. The maximum Gasteiger partial charge on any atom is 0.313 e. The molecule has 0 saturated heterocycles. The number of ether oxygens (including phenoxy) is 1. The quantitative estimate of drug-likeness (QED) is 0.606. The van der Waals surface area contributed by atoms with Gasteiger partial charge >= 0.3 is 5.97 Å². The molecule has 1 amide bonds. The molecule has 6 heteroatoms. The molecule has 1 N–H and O–H groups in total. The first-order chi connectivity index (χ1) is 12.4. The monoisotopic (exact) mass is 357 g/mol. The fraction of sp³-hybridized carbons (Fsp3) is 0.250. The smallest absolute Gasteiger partial charge is 0.313 e. The van der Waals surface area contributed by atoms with Crippen molar-refractivity contribution in [3.63, 3.8) is 0 Å². The van der Waals surface area contributed by atoms with Gasteiger partial charge in [-0.2, -0.15) is 0 Å². The third-order valence-electron chi connectivity index (χ3n) is 3.83. The Balaban J connectivity index is 2.01. The van der Waals surface area contributed by atoms with Gasteiger partial charge in [-0.3, -0.25) is 14.4 Å². The number of hydrogen-bond donors (Lipinski definition) is 1. The van der Waals surface area contributed by atoms with Gasteiger partial charge < -0.3 is 10.1 Å². The molecule has 0 fully saturated rings. The van der Waals surface area contributed by atoms with E-state index < -0.39 is 30.1 Å². The number of esters is 1. The number of carbonyl (C=O) groups excluding carboxylic acids is 3. The van der Waals surface area contributed by atoms with Crippen molar-refractivity contribution in [3.8, 4) is 0 Å². The van der Waals surface area contributed by atoms with Crippen LogP contribution in [-0.4, -0.2) is 24.3 Å². The van der Waals surface area contributed by atoms with E-state index in [1.807, 2.05) is 37.3 Å². The topological polar surface area (TPSA) is 72.5 Å².